The smallest absolute Gasteiger partial charge is 0.209 e. The highest BCUT2D eigenvalue weighted by atomic mass is 16.1. The number of amides is 1. The summed E-state index contributed by atoms with van der Waals surface area (Å²) in [6.45, 7) is 4.00. The third kappa shape index (κ3) is 30.5. The first-order chi connectivity index (χ1) is 3.27. The minimum Gasteiger partial charge on any atom is -0.351 e. The number of hydrogen-bond acceptors (Lipinski definition) is 1. The zero-order chi connectivity index (χ0) is 6.28. The van der Waals surface area contributed by atoms with Gasteiger partial charge in [0.2, 0.25) is 6.41 Å². The molecule has 0 aromatic rings. The van der Waals surface area contributed by atoms with E-state index in [-0.39, 0.29) is 0 Å². The number of hydrogen-bond donors (Lipinski definition) is 0. The molecule has 0 rings (SSSR count). The van der Waals surface area contributed by atoms with Crippen LogP contribution in [0.4, 0.5) is 0 Å². The van der Waals surface area contributed by atoms with E-state index in [9.17, 15) is 4.79 Å². The van der Waals surface area contributed by atoms with E-state index in [4.69, 9.17) is 0 Å². The van der Waals surface area contributed by atoms with E-state index >= 15 is 0 Å². The van der Waals surface area contributed by atoms with Crippen molar-refractivity contribution in [3.8, 4) is 0 Å². The lowest BCUT2D eigenvalue weighted by atomic mass is 11.0. The maximum atomic E-state index is 9.43. The minimum absolute atomic E-state index is 0.750. The average molecular weight is 103 g/mol. The van der Waals surface area contributed by atoms with Gasteiger partial charge in [0.25, 0.3) is 0 Å². The monoisotopic (exact) mass is 103 g/mol. The molecule has 0 spiro atoms. The van der Waals surface area contributed by atoms with Gasteiger partial charge in [-0.05, 0) is 0 Å². The van der Waals surface area contributed by atoms with Gasteiger partial charge in [-0.15, -0.1) is 0 Å². The maximum absolute atomic E-state index is 9.43. The molecule has 0 heterocycles. The van der Waals surface area contributed by atoms with Crippen LogP contribution in [0.1, 0.15) is 13.8 Å². The van der Waals surface area contributed by atoms with Crippen LogP contribution in [0.2, 0.25) is 0 Å². The van der Waals surface area contributed by atoms with Crippen LogP contribution in [0.15, 0.2) is 0 Å². The fraction of sp³-hybridized carbons (Fsp3) is 0.800. The van der Waals surface area contributed by atoms with E-state index < -0.39 is 0 Å². The van der Waals surface area contributed by atoms with Gasteiger partial charge >= 0.3 is 0 Å². The second kappa shape index (κ2) is 9.08. The van der Waals surface area contributed by atoms with Gasteiger partial charge in [0.15, 0.2) is 0 Å². The Morgan fingerprint density at radius 3 is 1.43 bits per heavy atom. The highest BCUT2D eigenvalue weighted by Crippen LogP contribution is 1.52. The van der Waals surface area contributed by atoms with Crippen LogP contribution in [0.5, 0.6) is 0 Å². The first kappa shape index (κ1) is 9.69. The van der Waals surface area contributed by atoms with Crippen molar-refractivity contribution in [1.82, 2.24) is 4.90 Å². The predicted octanol–water partition coefficient (Wildman–Crippen LogP) is 0.731. The van der Waals surface area contributed by atoms with E-state index in [0.29, 0.717) is 0 Å². The highest BCUT2D eigenvalue weighted by Gasteiger charge is 1.68. The third-order valence-electron chi connectivity index (χ3n) is 0.211. The second-order valence-corrected chi connectivity index (χ2v) is 1.07. The third-order valence-corrected chi connectivity index (χ3v) is 0.211. The molecule has 2 heteroatoms. The van der Waals surface area contributed by atoms with Gasteiger partial charge in [-0.1, -0.05) is 13.8 Å². The molecule has 0 aromatic heterocycles. The average Bonchev–Trinajstić information content (AvgIpc) is 1.73. The predicted molar refractivity (Wildman–Crippen MR) is 31.1 cm³/mol. The summed E-state index contributed by atoms with van der Waals surface area (Å²) in [6.07, 6.45) is 0.750. The first-order valence-corrected chi connectivity index (χ1v) is 2.39. The zero-order valence-corrected chi connectivity index (χ0v) is 5.43. The van der Waals surface area contributed by atoms with E-state index in [1.807, 2.05) is 13.8 Å². The fourth-order valence-electron chi connectivity index (χ4n) is 0. The van der Waals surface area contributed by atoms with Crippen molar-refractivity contribution >= 4 is 6.41 Å². The summed E-state index contributed by atoms with van der Waals surface area (Å²) in [5.74, 6) is 0. The Morgan fingerprint density at radius 1 is 1.29 bits per heavy atom. The second-order valence-electron chi connectivity index (χ2n) is 1.07. The molecule has 44 valence electrons. The van der Waals surface area contributed by atoms with Gasteiger partial charge < -0.3 is 4.90 Å². The Labute approximate surface area is 45.1 Å². The van der Waals surface area contributed by atoms with Crippen molar-refractivity contribution in [2.45, 2.75) is 13.8 Å². The summed E-state index contributed by atoms with van der Waals surface area (Å²) in [6, 6.07) is 0. The van der Waals surface area contributed by atoms with Gasteiger partial charge in [-0.2, -0.15) is 0 Å². The van der Waals surface area contributed by atoms with Crippen molar-refractivity contribution in [3.05, 3.63) is 0 Å². The molecule has 1 amide bonds. The Balaban J connectivity index is 0. The summed E-state index contributed by atoms with van der Waals surface area (Å²) in [5, 5.41) is 0. The molecule has 2 nitrogen and oxygen atoms in total. The van der Waals surface area contributed by atoms with Gasteiger partial charge in [-0.3, -0.25) is 4.79 Å². The van der Waals surface area contributed by atoms with Crippen LogP contribution in [0.25, 0.3) is 0 Å². The summed E-state index contributed by atoms with van der Waals surface area (Å²) in [4.78, 5) is 10.9. The molecular formula is C5H13NO. The largest absolute Gasteiger partial charge is 0.351 e. The fourth-order valence-corrected chi connectivity index (χ4v) is 0. The first-order valence-electron chi connectivity index (χ1n) is 2.39. The van der Waals surface area contributed by atoms with E-state index in [1.165, 1.54) is 4.90 Å². The van der Waals surface area contributed by atoms with Gasteiger partial charge in [0, 0.05) is 14.1 Å². The van der Waals surface area contributed by atoms with Crippen molar-refractivity contribution in [3.63, 3.8) is 0 Å². The Morgan fingerprint density at radius 2 is 1.43 bits per heavy atom. The molecule has 0 saturated heterocycles. The Hall–Kier alpha value is -0.530. The lowest BCUT2D eigenvalue weighted by Crippen LogP contribution is -2.06. The van der Waals surface area contributed by atoms with Crippen LogP contribution in [0, 0.1) is 0 Å². The normalized spacial score (nSPS) is 5.71. The zero-order valence-electron chi connectivity index (χ0n) is 5.43. The maximum Gasteiger partial charge on any atom is 0.209 e. The van der Waals surface area contributed by atoms with Gasteiger partial charge in [0.1, 0.15) is 0 Å². The molecule has 7 heavy (non-hydrogen) atoms. The summed E-state index contributed by atoms with van der Waals surface area (Å²) < 4.78 is 0. The molecule has 0 aliphatic heterocycles. The molecule has 0 bridgehead atoms. The molecule has 0 radical (unpaired) electrons. The standard InChI is InChI=1S/C3H7NO.C2H6/c1-4(2)3-5;1-2/h3H,1-2H3;1-2H3. The summed E-state index contributed by atoms with van der Waals surface area (Å²) in [5.41, 5.74) is 0. The molecule has 0 aliphatic carbocycles. The SMILES string of the molecule is CC.CN(C)C=O. The molecule has 0 aromatic carbocycles. The molecule has 0 fully saturated rings. The lowest BCUT2D eigenvalue weighted by Gasteiger charge is -1.93. The molecule has 0 atom stereocenters. The minimum atomic E-state index is 0.750. The van der Waals surface area contributed by atoms with E-state index in [0.717, 1.165) is 6.41 Å². The van der Waals surface area contributed by atoms with Crippen molar-refractivity contribution in [2.24, 2.45) is 0 Å². The van der Waals surface area contributed by atoms with Crippen LogP contribution in [-0.4, -0.2) is 25.4 Å². The van der Waals surface area contributed by atoms with Gasteiger partial charge in [0.05, 0.1) is 0 Å². The molecule has 0 N–H and O–H groups in total. The Kier molecular flexibility index (Phi) is 12.6. The molecular weight excluding hydrogens is 90.1 g/mol. The number of carbonyl (C=O) groups excluding carboxylic acids is 1. The number of carbonyl (C=O) groups is 1. The highest BCUT2D eigenvalue weighted by molar-refractivity contribution is 5.45. The van der Waals surface area contributed by atoms with Crippen LogP contribution < -0.4 is 0 Å². The lowest BCUT2D eigenvalue weighted by molar-refractivity contribution is -0.115. The Bertz CT molecular complexity index is 35.1. The molecule has 0 saturated carbocycles. The summed E-state index contributed by atoms with van der Waals surface area (Å²) in [7, 11) is 3.38. The summed E-state index contributed by atoms with van der Waals surface area (Å²) >= 11 is 0. The van der Waals surface area contributed by atoms with E-state index in [2.05, 4.69) is 0 Å². The van der Waals surface area contributed by atoms with Crippen molar-refractivity contribution in [1.29, 1.82) is 0 Å². The molecule has 0 aliphatic rings. The van der Waals surface area contributed by atoms with Crippen LogP contribution in [0.3, 0.4) is 0 Å². The van der Waals surface area contributed by atoms with Crippen molar-refractivity contribution in [2.75, 3.05) is 14.1 Å². The van der Waals surface area contributed by atoms with Crippen molar-refractivity contribution < 1.29 is 4.79 Å². The van der Waals surface area contributed by atoms with Crippen LogP contribution >= 0.6 is 0 Å². The quantitative estimate of drug-likeness (QED) is 0.448. The molecule has 0 unspecified atom stereocenters. The van der Waals surface area contributed by atoms with Gasteiger partial charge in [-0.25, -0.2) is 0 Å². The number of nitrogens with zero attached hydrogens (tertiary/aromatic N) is 1. The van der Waals surface area contributed by atoms with Crippen LogP contribution in [-0.2, 0) is 4.79 Å². The topological polar surface area (TPSA) is 20.3 Å². The number of rotatable bonds is 1. The van der Waals surface area contributed by atoms with E-state index in [1.54, 1.807) is 14.1 Å².